The monoisotopic (exact) mass is 393 g/mol. The van der Waals surface area contributed by atoms with Crippen LogP contribution < -0.4 is 10.1 Å². The average molecular weight is 393 g/mol. The fraction of sp³-hybridized carbons (Fsp3) is 0.364. The van der Waals surface area contributed by atoms with E-state index >= 15 is 0 Å². The van der Waals surface area contributed by atoms with Crippen molar-refractivity contribution in [1.82, 2.24) is 5.32 Å². The van der Waals surface area contributed by atoms with Gasteiger partial charge in [-0.05, 0) is 24.5 Å². The Morgan fingerprint density at radius 2 is 1.90 bits per heavy atom. The Balaban J connectivity index is 1.71. The molecule has 0 heterocycles. The van der Waals surface area contributed by atoms with Crippen LogP contribution in [0, 0.1) is 21.4 Å². The molecule has 150 valence electrons. The summed E-state index contributed by atoms with van der Waals surface area (Å²) in [5, 5.41) is 23.5. The van der Waals surface area contributed by atoms with Crippen molar-refractivity contribution in [2.24, 2.45) is 0 Å². The van der Waals surface area contributed by atoms with Crippen LogP contribution >= 0.6 is 0 Å². The first-order valence-electron chi connectivity index (χ1n) is 9.68. The van der Waals surface area contributed by atoms with Crippen molar-refractivity contribution >= 4 is 11.6 Å². The van der Waals surface area contributed by atoms with Gasteiger partial charge in [0.1, 0.15) is 11.3 Å². The van der Waals surface area contributed by atoms with E-state index in [0.717, 1.165) is 24.8 Å². The minimum atomic E-state index is -0.818. The van der Waals surface area contributed by atoms with Crippen LogP contribution in [0.3, 0.4) is 0 Å². The fourth-order valence-electron chi connectivity index (χ4n) is 3.64. The van der Waals surface area contributed by atoms with Crippen molar-refractivity contribution in [3.05, 3.63) is 69.8 Å². The van der Waals surface area contributed by atoms with E-state index in [-0.39, 0.29) is 18.2 Å². The second-order valence-electron chi connectivity index (χ2n) is 7.30. The third kappa shape index (κ3) is 5.32. The summed E-state index contributed by atoms with van der Waals surface area (Å²) in [5.74, 6) is 0.0571. The standard InChI is InChI=1S/C22H23N3O4/c23-16-22(11-5-2-6-12-22)24-21(26)15-29-20-10-9-19(25(27)28)14-18(20)13-17-7-3-1-4-8-17/h1,3-4,7-10,14H,2,5-6,11-13,15H2,(H,24,26). The number of nitro benzene ring substituents is 1. The van der Waals surface area contributed by atoms with E-state index in [9.17, 15) is 20.2 Å². The van der Waals surface area contributed by atoms with E-state index in [1.165, 1.54) is 18.2 Å². The molecule has 7 nitrogen and oxygen atoms in total. The van der Waals surface area contributed by atoms with Gasteiger partial charge in [0.05, 0.1) is 11.0 Å². The number of amides is 1. The highest BCUT2D eigenvalue weighted by atomic mass is 16.6. The number of non-ortho nitro benzene ring substituents is 1. The lowest BCUT2D eigenvalue weighted by Crippen LogP contribution is -2.50. The smallest absolute Gasteiger partial charge is 0.269 e. The molecule has 0 radical (unpaired) electrons. The normalized spacial score (nSPS) is 15.1. The number of benzene rings is 2. The quantitative estimate of drug-likeness (QED) is 0.567. The second kappa shape index (κ2) is 9.20. The van der Waals surface area contributed by atoms with Gasteiger partial charge in [-0.2, -0.15) is 5.26 Å². The number of hydrogen-bond acceptors (Lipinski definition) is 5. The molecule has 29 heavy (non-hydrogen) atoms. The van der Waals surface area contributed by atoms with E-state index in [2.05, 4.69) is 11.4 Å². The fourth-order valence-corrected chi connectivity index (χ4v) is 3.64. The van der Waals surface area contributed by atoms with Gasteiger partial charge in [0.15, 0.2) is 6.61 Å². The molecule has 0 bridgehead atoms. The van der Waals surface area contributed by atoms with E-state index in [1.807, 2.05) is 30.3 Å². The zero-order valence-electron chi connectivity index (χ0n) is 16.1. The highest BCUT2D eigenvalue weighted by molar-refractivity contribution is 5.79. The summed E-state index contributed by atoms with van der Waals surface area (Å²) < 4.78 is 5.69. The Kier molecular flexibility index (Phi) is 6.45. The van der Waals surface area contributed by atoms with Crippen molar-refractivity contribution in [1.29, 1.82) is 5.26 Å². The maximum Gasteiger partial charge on any atom is 0.269 e. The molecule has 0 spiro atoms. The lowest BCUT2D eigenvalue weighted by atomic mass is 9.83. The Morgan fingerprint density at radius 1 is 1.17 bits per heavy atom. The number of nitro groups is 1. The molecule has 0 unspecified atom stereocenters. The number of rotatable bonds is 7. The molecule has 1 aliphatic carbocycles. The van der Waals surface area contributed by atoms with Gasteiger partial charge in [-0.15, -0.1) is 0 Å². The molecule has 1 amide bonds. The molecule has 2 aromatic carbocycles. The topological polar surface area (TPSA) is 105 Å². The van der Waals surface area contributed by atoms with Crippen molar-refractivity contribution < 1.29 is 14.5 Å². The first kappa shape index (κ1) is 20.3. The van der Waals surface area contributed by atoms with Crippen LogP contribution in [0.2, 0.25) is 0 Å². The van der Waals surface area contributed by atoms with Crippen molar-refractivity contribution in [3.8, 4) is 11.8 Å². The Labute approximate surface area is 169 Å². The number of nitrogens with one attached hydrogen (secondary N) is 1. The number of nitriles is 1. The molecular formula is C22H23N3O4. The molecule has 1 N–H and O–H groups in total. The minimum absolute atomic E-state index is 0.0293. The number of carbonyl (C=O) groups is 1. The highest BCUT2D eigenvalue weighted by Gasteiger charge is 2.33. The molecular weight excluding hydrogens is 370 g/mol. The molecule has 1 saturated carbocycles. The summed E-state index contributed by atoms with van der Waals surface area (Å²) in [6.45, 7) is -0.247. The molecule has 0 atom stereocenters. The van der Waals surface area contributed by atoms with Crippen molar-refractivity contribution in [2.75, 3.05) is 6.61 Å². The first-order chi connectivity index (χ1) is 14.0. The molecule has 0 aromatic heterocycles. The Hall–Kier alpha value is -3.40. The zero-order valence-corrected chi connectivity index (χ0v) is 16.1. The third-order valence-electron chi connectivity index (χ3n) is 5.15. The summed E-state index contributed by atoms with van der Waals surface area (Å²) in [5.41, 5.74) is 0.762. The molecule has 0 saturated heterocycles. The van der Waals surface area contributed by atoms with Gasteiger partial charge < -0.3 is 10.1 Å². The summed E-state index contributed by atoms with van der Waals surface area (Å²) >= 11 is 0. The number of carbonyl (C=O) groups excluding carboxylic acids is 1. The molecule has 3 rings (SSSR count). The maximum absolute atomic E-state index is 12.4. The summed E-state index contributed by atoms with van der Waals surface area (Å²) in [7, 11) is 0. The molecule has 7 heteroatoms. The largest absolute Gasteiger partial charge is 0.483 e. The summed E-state index contributed by atoms with van der Waals surface area (Å²) in [4.78, 5) is 23.1. The lowest BCUT2D eigenvalue weighted by Gasteiger charge is -2.31. The predicted octanol–water partition coefficient (Wildman–Crippen LogP) is 3.91. The van der Waals surface area contributed by atoms with Crippen LogP contribution in [-0.2, 0) is 11.2 Å². The molecule has 0 aliphatic heterocycles. The number of nitrogens with zero attached hydrogens (tertiary/aromatic N) is 2. The van der Waals surface area contributed by atoms with Gasteiger partial charge in [0.2, 0.25) is 0 Å². The average Bonchev–Trinajstić information content (AvgIpc) is 2.74. The minimum Gasteiger partial charge on any atom is -0.483 e. The van der Waals surface area contributed by atoms with Gasteiger partial charge >= 0.3 is 0 Å². The lowest BCUT2D eigenvalue weighted by molar-refractivity contribution is -0.384. The van der Waals surface area contributed by atoms with Gasteiger partial charge in [0.25, 0.3) is 11.6 Å². The summed E-state index contributed by atoms with van der Waals surface area (Å²) in [6, 6.07) is 16.1. The van der Waals surface area contributed by atoms with Crippen LogP contribution in [0.15, 0.2) is 48.5 Å². The number of ether oxygens (including phenoxy) is 1. The van der Waals surface area contributed by atoms with Gasteiger partial charge in [0, 0.05) is 24.1 Å². The van der Waals surface area contributed by atoms with Crippen LogP contribution in [-0.4, -0.2) is 23.0 Å². The van der Waals surface area contributed by atoms with Crippen LogP contribution in [0.4, 0.5) is 5.69 Å². The molecule has 1 aliphatic rings. The summed E-state index contributed by atoms with van der Waals surface area (Å²) in [6.07, 6.45) is 4.64. The first-order valence-corrected chi connectivity index (χ1v) is 9.68. The Bertz CT molecular complexity index is 915. The van der Waals surface area contributed by atoms with Crippen LogP contribution in [0.25, 0.3) is 0 Å². The van der Waals surface area contributed by atoms with Gasteiger partial charge in [-0.25, -0.2) is 0 Å². The van der Waals surface area contributed by atoms with E-state index < -0.39 is 10.5 Å². The van der Waals surface area contributed by atoms with Gasteiger partial charge in [-0.1, -0.05) is 49.6 Å². The van der Waals surface area contributed by atoms with Crippen molar-refractivity contribution in [3.63, 3.8) is 0 Å². The van der Waals surface area contributed by atoms with Crippen LogP contribution in [0.5, 0.6) is 5.75 Å². The van der Waals surface area contributed by atoms with E-state index in [4.69, 9.17) is 4.74 Å². The zero-order chi connectivity index (χ0) is 20.7. The second-order valence-corrected chi connectivity index (χ2v) is 7.30. The molecule has 1 fully saturated rings. The van der Waals surface area contributed by atoms with E-state index in [0.29, 0.717) is 30.6 Å². The molecule has 2 aromatic rings. The predicted molar refractivity (Wildman–Crippen MR) is 107 cm³/mol. The maximum atomic E-state index is 12.4. The number of hydrogen-bond donors (Lipinski definition) is 1. The Morgan fingerprint density at radius 3 is 2.55 bits per heavy atom. The highest BCUT2D eigenvalue weighted by Crippen LogP contribution is 2.28. The third-order valence-corrected chi connectivity index (χ3v) is 5.15. The van der Waals surface area contributed by atoms with Gasteiger partial charge in [-0.3, -0.25) is 14.9 Å². The van der Waals surface area contributed by atoms with Crippen molar-refractivity contribution in [2.45, 2.75) is 44.1 Å². The SMILES string of the molecule is N#CC1(NC(=O)COc2ccc([N+](=O)[O-])cc2Cc2ccccc2)CCCCC1. The van der Waals surface area contributed by atoms with E-state index in [1.54, 1.807) is 0 Å². The van der Waals surface area contributed by atoms with Crippen LogP contribution in [0.1, 0.15) is 43.2 Å².